The van der Waals surface area contributed by atoms with E-state index in [1.807, 2.05) is 0 Å². The van der Waals surface area contributed by atoms with Gasteiger partial charge in [-0.05, 0) is 25.0 Å². The average Bonchev–Trinajstić information content (AvgIpc) is 3.27. The van der Waals surface area contributed by atoms with Crippen LogP contribution in [0.4, 0.5) is 5.69 Å². The number of hydrogen-bond donors (Lipinski definition) is 3. The number of anilines is 1. The number of carbonyl (C=O) groups is 1. The minimum absolute atomic E-state index is 0.00294. The normalized spacial score (nSPS) is 14.7. The first-order valence-electron chi connectivity index (χ1n) is 6.65. The van der Waals surface area contributed by atoms with E-state index in [1.54, 1.807) is 0 Å². The molecule has 0 atom stereocenters. The number of benzene rings is 1. The monoisotopic (exact) mass is 313 g/mol. The highest BCUT2D eigenvalue weighted by Gasteiger charge is 2.29. The van der Waals surface area contributed by atoms with Crippen molar-refractivity contribution in [2.24, 2.45) is 5.92 Å². The summed E-state index contributed by atoms with van der Waals surface area (Å²) < 4.78 is 31.6. The number of carbonyl (C=O) groups excluding carboxylic acids is 1. The van der Waals surface area contributed by atoms with Crippen LogP contribution >= 0.6 is 0 Å². The first-order chi connectivity index (χ1) is 9.94. The molecule has 8 heteroatoms. The summed E-state index contributed by atoms with van der Waals surface area (Å²) in [5, 5.41) is 2.68. The molecule has 116 valence electrons. The Morgan fingerprint density at radius 3 is 2.67 bits per heavy atom. The Morgan fingerprint density at radius 2 is 2.10 bits per heavy atom. The molecule has 0 aliphatic heterocycles. The van der Waals surface area contributed by atoms with Crippen molar-refractivity contribution < 1.29 is 17.9 Å². The predicted molar refractivity (Wildman–Crippen MR) is 78.3 cm³/mol. The summed E-state index contributed by atoms with van der Waals surface area (Å²) in [6, 6.07) is 4.36. The van der Waals surface area contributed by atoms with Crippen molar-refractivity contribution in [2.75, 3.05) is 25.9 Å². The Hall–Kier alpha value is -1.80. The molecule has 1 aromatic carbocycles. The van der Waals surface area contributed by atoms with Gasteiger partial charge in [-0.3, -0.25) is 4.79 Å². The SMILES string of the molecule is COc1ccc(S(=O)(=O)NCCNC(=O)C2CC2)c(N)c1. The number of nitrogen functional groups attached to an aromatic ring is 1. The molecule has 0 bridgehead atoms. The van der Waals surface area contributed by atoms with E-state index in [-0.39, 0.29) is 35.5 Å². The summed E-state index contributed by atoms with van der Waals surface area (Å²) in [7, 11) is -2.22. The van der Waals surface area contributed by atoms with Gasteiger partial charge in [-0.15, -0.1) is 0 Å². The molecule has 1 aliphatic rings. The van der Waals surface area contributed by atoms with Crippen molar-refractivity contribution in [1.82, 2.24) is 10.0 Å². The molecule has 0 aromatic heterocycles. The summed E-state index contributed by atoms with van der Waals surface area (Å²) >= 11 is 0. The highest BCUT2D eigenvalue weighted by atomic mass is 32.2. The highest BCUT2D eigenvalue weighted by Crippen LogP contribution is 2.28. The van der Waals surface area contributed by atoms with Gasteiger partial charge in [0.15, 0.2) is 0 Å². The van der Waals surface area contributed by atoms with Crippen molar-refractivity contribution in [3.63, 3.8) is 0 Å². The Balaban J connectivity index is 1.90. The van der Waals surface area contributed by atoms with Crippen molar-refractivity contribution in [1.29, 1.82) is 0 Å². The molecule has 1 aromatic rings. The molecule has 0 heterocycles. The maximum absolute atomic E-state index is 12.1. The highest BCUT2D eigenvalue weighted by molar-refractivity contribution is 7.89. The van der Waals surface area contributed by atoms with Crippen LogP contribution in [-0.4, -0.2) is 34.5 Å². The van der Waals surface area contributed by atoms with E-state index in [2.05, 4.69) is 10.0 Å². The second-order valence-electron chi connectivity index (χ2n) is 4.87. The van der Waals surface area contributed by atoms with E-state index < -0.39 is 10.0 Å². The van der Waals surface area contributed by atoms with Gasteiger partial charge in [0.25, 0.3) is 0 Å². The smallest absolute Gasteiger partial charge is 0.242 e. The number of hydrogen-bond acceptors (Lipinski definition) is 5. The van der Waals surface area contributed by atoms with Crippen molar-refractivity contribution in [3.8, 4) is 5.75 Å². The molecule has 1 saturated carbocycles. The minimum Gasteiger partial charge on any atom is -0.497 e. The van der Waals surface area contributed by atoms with E-state index >= 15 is 0 Å². The van der Waals surface area contributed by atoms with Gasteiger partial charge in [-0.1, -0.05) is 0 Å². The summed E-state index contributed by atoms with van der Waals surface area (Å²) in [5.41, 5.74) is 5.83. The van der Waals surface area contributed by atoms with Gasteiger partial charge >= 0.3 is 0 Å². The van der Waals surface area contributed by atoms with Gasteiger partial charge in [0, 0.05) is 25.1 Å². The zero-order valence-corrected chi connectivity index (χ0v) is 12.6. The zero-order valence-electron chi connectivity index (χ0n) is 11.8. The lowest BCUT2D eigenvalue weighted by Gasteiger charge is -2.10. The van der Waals surface area contributed by atoms with E-state index in [0.29, 0.717) is 5.75 Å². The van der Waals surface area contributed by atoms with Crippen LogP contribution in [0.25, 0.3) is 0 Å². The van der Waals surface area contributed by atoms with E-state index in [9.17, 15) is 13.2 Å². The molecule has 21 heavy (non-hydrogen) atoms. The van der Waals surface area contributed by atoms with E-state index in [0.717, 1.165) is 12.8 Å². The van der Waals surface area contributed by atoms with Crippen LogP contribution < -0.4 is 20.5 Å². The number of methoxy groups -OCH3 is 1. The second kappa shape index (κ2) is 6.31. The summed E-state index contributed by atoms with van der Waals surface area (Å²) in [6.07, 6.45) is 1.83. The predicted octanol–water partition coefficient (Wildman–Crippen LogP) is 0.0819. The number of amides is 1. The van der Waals surface area contributed by atoms with Gasteiger partial charge in [0.05, 0.1) is 12.8 Å². The zero-order chi connectivity index (χ0) is 15.5. The molecule has 2 rings (SSSR count). The van der Waals surface area contributed by atoms with E-state index in [1.165, 1.54) is 25.3 Å². The number of nitrogens with two attached hydrogens (primary N) is 1. The third-order valence-corrected chi connectivity index (χ3v) is 4.71. The van der Waals surface area contributed by atoms with Crippen LogP contribution in [0.15, 0.2) is 23.1 Å². The molecule has 4 N–H and O–H groups in total. The van der Waals surface area contributed by atoms with Gasteiger partial charge in [-0.25, -0.2) is 13.1 Å². The Kier molecular flexibility index (Phi) is 4.69. The largest absolute Gasteiger partial charge is 0.497 e. The molecule has 0 unspecified atom stereocenters. The molecule has 0 spiro atoms. The maximum Gasteiger partial charge on any atom is 0.242 e. The van der Waals surface area contributed by atoms with Crippen LogP contribution in [0.3, 0.4) is 0 Å². The Bertz CT molecular complexity index is 626. The van der Waals surface area contributed by atoms with Gasteiger partial charge in [0.2, 0.25) is 15.9 Å². The number of rotatable bonds is 7. The first kappa shape index (κ1) is 15.6. The first-order valence-corrected chi connectivity index (χ1v) is 8.13. The minimum atomic E-state index is -3.70. The third kappa shape index (κ3) is 4.08. The lowest BCUT2D eigenvalue weighted by molar-refractivity contribution is -0.122. The lowest BCUT2D eigenvalue weighted by Crippen LogP contribution is -2.35. The van der Waals surface area contributed by atoms with Crippen molar-refractivity contribution >= 4 is 21.6 Å². The summed E-state index contributed by atoms with van der Waals surface area (Å²) in [5.74, 6) is 0.583. The molecule has 0 radical (unpaired) electrons. The standard InChI is InChI=1S/C13H19N3O4S/c1-20-10-4-5-12(11(14)8-10)21(18,19)16-7-6-15-13(17)9-2-3-9/h4-5,8-9,16H,2-3,6-7,14H2,1H3,(H,15,17). The summed E-state index contributed by atoms with van der Waals surface area (Å²) in [6.45, 7) is 0.372. The molecule has 0 saturated heterocycles. The molecular weight excluding hydrogens is 294 g/mol. The van der Waals surface area contributed by atoms with Crippen molar-refractivity contribution in [3.05, 3.63) is 18.2 Å². The Labute approximate surface area is 123 Å². The number of ether oxygens (including phenoxy) is 1. The van der Waals surface area contributed by atoms with Crippen LogP contribution in [-0.2, 0) is 14.8 Å². The fourth-order valence-corrected chi connectivity index (χ4v) is 2.98. The number of sulfonamides is 1. The topological polar surface area (TPSA) is 111 Å². The van der Waals surface area contributed by atoms with Crippen LogP contribution in [0, 0.1) is 5.92 Å². The number of nitrogens with one attached hydrogen (secondary N) is 2. The van der Waals surface area contributed by atoms with Crippen LogP contribution in [0.1, 0.15) is 12.8 Å². The Morgan fingerprint density at radius 1 is 1.38 bits per heavy atom. The third-order valence-electron chi connectivity index (χ3n) is 3.17. The average molecular weight is 313 g/mol. The summed E-state index contributed by atoms with van der Waals surface area (Å²) in [4.78, 5) is 11.4. The van der Waals surface area contributed by atoms with E-state index in [4.69, 9.17) is 10.5 Å². The van der Waals surface area contributed by atoms with Gasteiger partial charge < -0.3 is 15.8 Å². The fourth-order valence-electron chi connectivity index (χ4n) is 1.84. The molecule has 1 amide bonds. The van der Waals surface area contributed by atoms with Crippen LogP contribution in [0.2, 0.25) is 0 Å². The molecular formula is C13H19N3O4S. The van der Waals surface area contributed by atoms with Crippen molar-refractivity contribution in [2.45, 2.75) is 17.7 Å². The van der Waals surface area contributed by atoms with Crippen LogP contribution in [0.5, 0.6) is 5.75 Å². The quantitative estimate of drug-likeness (QED) is 0.488. The lowest BCUT2D eigenvalue weighted by atomic mass is 10.3. The maximum atomic E-state index is 12.1. The fraction of sp³-hybridized carbons (Fsp3) is 0.462. The molecule has 1 aliphatic carbocycles. The van der Waals surface area contributed by atoms with Gasteiger partial charge in [-0.2, -0.15) is 0 Å². The molecule has 7 nitrogen and oxygen atoms in total. The molecule has 1 fully saturated rings. The van der Waals surface area contributed by atoms with Gasteiger partial charge in [0.1, 0.15) is 10.6 Å². The second-order valence-corrected chi connectivity index (χ2v) is 6.60.